The SMILES string of the molecule is COCC1CCc2oc3ccc(Br)cc3c(=O)c2O1. The molecular formula is C14H13BrO4. The van der Waals surface area contributed by atoms with Gasteiger partial charge in [-0.3, -0.25) is 4.79 Å². The molecule has 0 radical (unpaired) electrons. The molecule has 3 rings (SSSR count). The second kappa shape index (κ2) is 4.98. The zero-order valence-electron chi connectivity index (χ0n) is 10.4. The van der Waals surface area contributed by atoms with E-state index in [1.165, 1.54) is 0 Å². The topological polar surface area (TPSA) is 48.7 Å². The van der Waals surface area contributed by atoms with Crippen molar-refractivity contribution in [2.75, 3.05) is 13.7 Å². The van der Waals surface area contributed by atoms with Crippen molar-refractivity contribution >= 4 is 26.9 Å². The Bertz CT molecular complexity index is 677. The lowest BCUT2D eigenvalue weighted by molar-refractivity contribution is 0.0622. The minimum absolute atomic E-state index is 0.0787. The van der Waals surface area contributed by atoms with Gasteiger partial charge in [0.15, 0.2) is 5.76 Å². The summed E-state index contributed by atoms with van der Waals surface area (Å²) in [5, 5.41) is 0.534. The van der Waals surface area contributed by atoms with Crippen LogP contribution in [0.15, 0.2) is 31.9 Å². The first-order valence-electron chi connectivity index (χ1n) is 6.10. The van der Waals surface area contributed by atoms with Crippen molar-refractivity contribution in [3.8, 4) is 5.75 Å². The van der Waals surface area contributed by atoms with Crippen molar-refractivity contribution in [3.05, 3.63) is 38.7 Å². The highest BCUT2D eigenvalue weighted by atomic mass is 79.9. The van der Waals surface area contributed by atoms with Gasteiger partial charge in [-0.25, -0.2) is 0 Å². The minimum Gasteiger partial charge on any atom is -0.481 e. The van der Waals surface area contributed by atoms with Gasteiger partial charge in [-0.1, -0.05) is 15.9 Å². The quantitative estimate of drug-likeness (QED) is 0.852. The summed E-state index contributed by atoms with van der Waals surface area (Å²) in [6.45, 7) is 0.482. The third-order valence-corrected chi connectivity index (χ3v) is 3.70. The molecule has 1 aliphatic heterocycles. The predicted octanol–water partition coefficient (Wildman–Crippen LogP) is 2.90. The van der Waals surface area contributed by atoms with E-state index in [0.717, 1.165) is 10.9 Å². The Morgan fingerprint density at radius 3 is 3.11 bits per heavy atom. The first-order chi connectivity index (χ1) is 9.19. The summed E-state index contributed by atoms with van der Waals surface area (Å²) in [4.78, 5) is 12.4. The lowest BCUT2D eigenvalue weighted by Crippen LogP contribution is -2.30. The van der Waals surface area contributed by atoms with Crippen molar-refractivity contribution in [1.82, 2.24) is 0 Å². The van der Waals surface area contributed by atoms with Crippen LogP contribution in [0.25, 0.3) is 11.0 Å². The molecule has 0 aliphatic carbocycles. The van der Waals surface area contributed by atoms with E-state index in [1.807, 2.05) is 6.07 Å². The fourth-order valence-electron chi connectivity index (χ4n) is 2.30. The standard InChI is InChI=1S/C14H13BrO4/c1-17-7-9-3-5-12-14(18-9)13(16)10-6-8(15)2-4-11(10)19-12/h2,4,6,9H,3,5,7H2,1H3. The molecule has 1 aliphatic rings. The monoisotopic (exact) mass is 324 g/mol. The van der Waals surface area contributed by atoms with Gasteiger partial charge in [0, 0.05) is 18.0 Å². The van der Waals surface area contributed by atoms with Gasteiger partial charge in [0.25, 0.3) is 0 Å². The number of methoxy groups -OCH3 is 1. The highest BCUT2D eigenvalue weighted by Gasteiger charge is 2.25. The van der Waals surface area contributed by atoms with E-state index in [2.05, 4.69) is 15.9 Å². The molecule has 4 nitrogen and oxygen atoms in total. The molecule has 5 heteroatoms. The molecule has 1 aromatic carbocycles. The molecule has 0 saturated carbocycles. The Morgan fingerprint density at radius 1 is 1.47 bits per heavy atom. The molecule has 19 heavy (non-hydrogen) atoms. The van der Waals surface area contributed by atoms with E-state index in [1.54, 1.807) is 19.2 Å². The normalized spacial score (nSPS) is 18.1. The first kappa shape index (κ1) is 12.7. The average molecular weight is 325 g/mol. The maximum Gasteiger partial charge on any atom is 0.234 e. The van der Waals surface area contributed by atoms with Gasteiger partial charge in [-0.2, -0.15) is 0 Å². The Morgan fingerprint density at radius 2 is 2.32 bits per heavy atom. The summed E-state index contributed by atoms with van der Waals surface area (Å²) in [5.41, 5.74) is 0.485. The molecule has 0 N–H and O–H groups in total. The highest BCUT2D eigenvalue weighted by molar-refractivity contribution is 9.10. The molecule has 0 spiro atoms. The van der Waals surface area contributed by atoms with E-state index < -0.39 is 0 Å². The van der Waals surface area contributed by atoms with Gasteiger partial charge < -0.3 is 13.9 Å². The third kappa shape index (κ3) is 2.28. The van der Waals surface area contributed by atoms with Crippen LogP contribution in [0, 0.1) is 0 Å². The number of ether oxygens (including phenoxy) is 2. The largest absolute Gasteiger partial charge is 0.481 e. The number of fused-ring (bicyclic) bond motifs is 2. The number of halogens is 1. The second-order valence-corrected chi connectivity index (χ2v) is 5.47. The fraction of sp³-hybridized carbons (Fsp3) is 0.357. The Balaban J connectivity index is 2.13. The highest BCUT2D eigenvalue weighted by Crippen LogP contribution is 2.29. The van der Waals surface area contributed by atoms with Gasteiger partial charge in [-0.05, 0) is 24.6 Å². The molecule has 2 heterocycles. The number of rotatable bonds is 2. The average Bonchev–Trinajstić information content (AvgIpc) is 2.41. The van der Waals surface area contributed by atoms with E-state index >= 15 is 0 Å². The lowest BCUT2D eigenvalue weighted by Gasteiger charge is -2.24. The van der Waals surface area contributed by atoms with Crippen molar-refractivity contribution in [2.24, 2.45) is 0 Å². The number of hydrogen-bond acceptors (Lipinski definition) is 4. The molecule has 1 unspecified atom stereocenters. The van der Waals surface area contributed by atoms with Crippen molar-refractivity contribution in [3.63, 3.8) is 0 Å². The van der Waals surface area contributed by atoms with Crippen LogP contribution in [0.4, 0.5) is 0 Å². The van der Waals surface area contributed by atoms with Crippen molar-refractivity contribution in [2.45, 2.75) is 18.9 Å². The summed E-state index contributed by atoms with van der Waals surface area (Å²) in [5.74, 6) is 0.964. The van der Waals surface area contributed by atoms with Gasteiger partial charge >= 0.3 is 0 Å². The van der Waals surface area contributed by atoms with Crippen LogP contribution in [-0.2, 0) is 11.2 Å². The summed E-state index contributed by atoms with van der Waals surface area (Å²) >= 11 is 3.36. The maximum atomic E-state index is 12.4. The zero-order chi connectivity index (χ0) is 13.4. The Hall–Kier alpha value is -1.33. The predicted molar refractivity (Wildman–Crippen MR) is 74.8 cm³/mol. The van der Waals surface area contributed by atoms with E-state index in [4.69, 9.17) is 13.9 Å². The van der Waals surface area contributed by atoms with E-state index in [-0.39, 0.29) is 11.5 Å². The molecule has 0 fully saturated rings. The summed E-state index contributed by atoms with van der Waals surface area (Å²) in [6, 6.07) is 5.40. The smallest absolute Gasteiger partial charge is 0.234 e. The van der Waals surface area contributed by atoms with Crippen LogP contribution < -0.4 is 10.2 Å². The molecular weight excluding hydrogens is 312 g/mol. The van der Waals surface area contributed by atoms with Crippen LogP contribution in [0.1, 0.15) is 12.2 Å². The lowest BCUT2D eigenvalue weighted by atomic mass is 10.1. The Kier molecular flexibility index (Phi) is 3.33. The molecule has 0 bridgehead atoms. The third-order valence-electron chi connectivity index (χ3n) is 3.21. The van der Waals surface area contributed by atoms with Gasteiger partial charge in [-0.15, -0.1) is 0 Å². The molecule has 100 valence electrons. The number of hydrogen-bond donors (Lipinski definition) is 0. The van der Waals surface area contributed by atoms with Crippen LogP contribution in [0.5, 0.6) is 5.75 Å². The van der Waals surface area contributed by atoms with Gasteiger partial charge in [0.2, 0.25) is 11.2 Å². The summed E-state index contributed by atoms with van der Waals surface area (Å²) in [6.07, 6.45) is 1.42. The fourth-order valence-corrected chi connectivity index (χ4v) is 2.66. The van der Waals surface area contributed by atoms with Crippen LogP contribution >= 0.6 is 15.9 Å². The second-order valence-electron chi connectivity index (χ2n) is 4.56. The summed E-state index contributed by atoms with van der Waals surface area (Å²) < 4.78 is 17.4. The number of benzene rings is 1. The van der Waals surface area contributed by atoms with Gasteiger partial charge in [0.1, 0.15) is 11.7 Å². The molecule has 1 aromatic heterocycles. The van der Waals surface area contributed by atoms with Crippen molar-refractivity contribution in [1.29, 1.82) is 0 Å². The van der Waals surface area contributed by atoms with Crippen LogP contribution in [-0.4, -0.2) is 19.8 Å². The van der Waals surface area contributed by atoms with Crippen LogP contribution in [0.2, 0.25) is 0 Å². The molecule has 0 amide bonds. The zero-order valence-corrected chi connectivity index (χ0v) is 12.0. The van der Waals surface area contributed by atoms with E-state index in [0.29, 0.717) is 35.5 Å². The van der Waals surface area contributed by atoms with E-state index in [9.17, 15) is 4.79 Å². The van der Waals surface area contributed by atoms with Gasteiger partial charge in [0.05, 0.1) is 12.0 Å². The Labute approximate surface area is 118 Å². The van der Waals surface area contributed by atoms with Crippen LogP contribution in [0.3, 0.4) is 0 Å². The molecule has 0 saturated heterocycles. The van der Waals surface area contributed by atoms with Crippen molar-refractivity contribution < 1.29 is 13.9 Å². The number of aryl methyl sites for hydroxylation is 1. The summed E-state index contributed by atoms with van der Waals surface area (Å²) in [7, 11) is 1.62. The molecule has 1 atom stereocenters. The molecule has 2 aromatic rings. The minimum atomic E-state index is -0.113. The first-order valence-corrected chi connectivity index (χ1v) is 6.89. The maximum absolute atomic E-state index is 12.4.